The summed E-state index contributed by atoms with van der Waals surface area (Å²) >= 11 is 0. The largest absolute Gasteiger partial charge is 0.368 e. The van der Waals surface area contributed by atoms with Gasteiger partial charge in [-0.25, -0.2) is 4.39 Å². The molecule has 1 amide bonds. The first-order valence-electron chi connectivity index (χ1n) is 9.94. The van der Waals surface area contributed by atoms with Gasteiger partial charge in [-0.2, -0.15) is 0 Å². The van der Waals surface area contributed by atoms with Crippen molar-refractivity contribution in [2.24, 2.45) is 0 Å². The van der Waals surface area contributed by atoms with Gasteiger partial charge in [0.25, 0.3) is 0 Å². The van der Waals surface area contributed by atoms with E-state index in [9.17, 15) is 9.18 Å². The predicted molar refractivity (Wildman–Crippen MR) is 112 cm³/mol. The Bertz CT molecular complexity index is 941. The average molecular weight is 389 g/mol. The number of carbonyl (C=O) groups excluding carboxylic acids is 1. The lowest BCUT2D eigenvalue weighted by Gasteiger charge is -2.36. The number of hydrogen-bond acceptors (Lipinski definition) is 3. The molecule has 4 rings (SSSR count). The minimum atomic E-state index is -0.289. The van der Waals surface area contributed by atoms with Gasteiger partial charge in [-0.15, -0.1) is 0 Å². The van der Waals surface area contributed by atoms with Gasteiger partial charge in [0, 0.05) is 56.6 Å². The maximum Gasteiger partial charge on any atom is 0.223 e. The topological polar surface area (TPSA) is 36.4 Å². The third kappa shape index (κ3) is 4.45. The number of pyridine rings is 1. The van der Waals surface area contributed by atoms with Gasteiger partial charge in [0.1, 0.15) is 5.82 Å². The van der Waals surface area contributed by atoms with E-state index in [1.165, 1.54) is 6.07 Å². The van der Waals surface area contributed by atoms with Crippen LogP contribution in [0, 0.1) is 5.82 Å². The molecule has 0 saturated carbocycles. The van der Waals surface area contributed by atoms with Crippen molar-refractivity contribution in [1.29, 1.82) is 0 Å². The Labute approximate surface area is 170 Å². The Kier molecular flexibility index (Phi) is 5.84. The highest BCUT2D eigenvalue weighted by atomic mass is 19.1. The molecule has 4 nitrogen and oxygen atoms in total. The quantitative estimate of drug-likeness (QED) is 0.659. The Morgan fingerprint density at radius 1 is 0.897 bits per heavy atom. The molecule has 1 aliphatic heterocycles. The minimum absolute atomic E-state index is 0.0662. The molecule has 0 N–H and O–H groups in total. The van der Waals surface area contributed by atoms with E-state index in [1.54, 1.807) is 24.5 Å². The first-order chi connectivity index (χ1) is 14.2. The van der Waals surface area contributed by atoms with Crippen LogP contribution in [0.25, 0.3) is 0 Å². The zero-order valence-electron chi connectivity index (χ0n) is 16.2. The Balaban J connectivity index is 1.47. The molecule has 1 atom stereocenters. The lowest BCUT2D eigenvalue weighted by molar-refractivity contribution is -0.131. The summed E-state index contributed by atoms with van der Waals surface area (Å²) in [6, 6.07) is 20.4. The highest BCUT2D eigenvalue weighted by Crippen LogP contribution is 2.30. The maximum absolute atomic E-state index is 14.5. The summed E-state index contributed by atoms with van der Waals surface area (Å²) in [5, 5.41) is 0. The van der Waals surface area contributed by atoms with Gasteiger partial charge in [-0.3, -0.25) is 9.78 Å². The van der Waals surface area contributed by atoms with Gasteiger partial charge < -0.3 is 9.80 Å². The minimum Gasteiger partial charge on any atom is -0.368 e. The molecule has 2 aromatic carbocycles. The number of aromatic nitrogens is 1. The van der Waals surface area contributed by atoms with Gasteiger partial charge in [0.15, 0.2) is 0 Å². The van der Waals surface area contributed by atoms with Crippen LogP contribution in [0.15, 0.2) is 79.1 Å². The summed E-state index contributed by atoms with van der Waals surface area (Å²) < 4.78 is 14.5. The third-order valence-corrected chi connectivity index (χ3v) is 5.52. The van der Waals surface area contributed by atoms with Crippen molar-refractivity contribution >= 4 is 11.6 Å². The zero-order valence-corrected chi connectivity index (χ0v) is 16.2. The van der Waals surface area contributed by atoms with Crippen molar-refractivity contribution in [3.05, 3.63) is 96.1 Å². The fourth-order valence-electron chi connectivity index (χ4n) is 3.92. The van der Waals surface area contributed by atoms with E-state index in [0.29, 0.717) is 18.7 Å². The number of amides is 1. The first-order valence-corrected chi connectivity index (χ1v) is 9.94. The van der Waals surface area contributed by atoms with Crippen LogP contribution in [-0.2, 0) is 4.79 Å². The number of hydrogen-bond donors (Lipinski definition) is 0. The molecule has 1 fully saturated rings. The van der Waals surface area contributed by atoms with Crippen LogP contribution in [0.5, 0.6) is 0 Å². The van der Waals surface area contributed by atoms with Crippen molar-refractivity contribution in [3.8, 4) is 0 Å². The van der Waals surface area contributed by atoms with Crippen LogP contribution in [0.4, 0.5) is 10.1 Å². The second kappa shape index (κ2) is 8.86. The number of piperazine rings is 1. The summed E-state index contributed by atoms with van der Waals surface area (Å²) in [6.45, 7) is 2.90. The SMILES string of the molecule is O=C(C[C@@H](c1ccccc1)c1ccccc1F)N1CCN(c2ccncc2)CC1. The smallest absolute Gasteiger partial charge is 0.223 e. The lowest BCUT2D eigenvalue weighted by Crippen LogP contribution is -2.49. The fourth-order valence-corrected chi connectivity index (χ4v) is 3.92. The first kappa shape index (κ1) is 19.1. The number of nitrogens with zero attached hydrogens (tertiary/aromatic N) is 3. The summed E-state index contributed by atoms with van der Waals surface area (Å²) in [5.74, 6) is -0.490. The van der Waals surface area contributed by atoms with E-state index in [0.717, 1.165) is 24.3 Å². The van der Waals surface area contributed by atoms with Gasteiger partial charge >= 0.3 is 0 Å². The molecule has 1 aromatic heterocycles. The zero-order chi connectivity index (χ0) is 20.1. The molecular formula is C24H24FN3O. The van der Waals surface area contributed by atoms with Gasteiger partial charge in [-0.1, -0.05) is 48.5 Å². The van der Waals surface area contributed by atoms with Gasteiger partial charge in [-0.05, 0) is 29.3 Å². The summed E-state index contributed by atoms with van der Waals surface area (Å²) in [6.07, 6.45) is 3.83. The van der Waals surface area contributed by atoms with E-state index >= 15 is 0 Å². The van der Waals surface area contributed by atoms with Crippen LogP contribution in [0.1, 0.15) is 23.5 Å². The molecule has 3 aromatic rings. The number of carbonyl (C=O) groups is 1. The molecule has 29 heavy (non-hydrogen) atoms. The van der Waals surface area contributed by atoms with Crippen LogP contribution < -0.4 is 4.90 Å². The van der Waals surface area contributed by atoms with E-state index in [-0.39, 0.29) is 24.1 Å². The Morgan fingerprint density at radius 2 is 1.55 bits per heavy atom. The number of halogens is 1. The molecule has 0 spiro atoms. The molecule has 148 valence electrons. The third-order valence-electron chi connectivity index (χ3n) is 5.52. The summed E-state index contributed by atoms with van der Waals surface area (Å²) in [4.78, 5) is 21.3. The molecule has 0 unspecified atom stereocenters. The highest BCUT2D eigenvalue weighted by molar-refractivity contribution is 5.78. The van der Waals surface area contributed by atoms with Crippen LogP contribution in [-0.4, -0.2) is 42.0 Å². The molecule has 1 saturated heterocycles. The van der Waals surface area contributed by atoms with Gasteiger partial charge in [0.2, 0.25) is 5.91 Å². The van der Waals surface area contributed by atoms with Crippen molar-refractivity contribution in [3.63, 3.8) is 0 Å². The van der Waals surface area contributed by atoms with Crippen molar-refractivity contribution < 1.29 is 9.18 Å². The van der Waals surface area contributed by atoms with E-state index < -0.39 is 0 Å². The predicted octanol–water partition coefficient (Wildman–Crippen LogP) is 4.09. The van der Waals surface area contributed by atoms with Gasteiger partial charge in [0.05, 0.1) is 0 Å². The summed E-state index contributed by atoms with van der Waals surface area (Å²) in [7, 11) is 0. The average Bonchev–Trinajstić information content (AvgIpc) is 2.79. The van der Waals surface area contributed by atoms with Crippen molar-refractivity contribution in [2.75, 3.05) is 31.1 Å². The van der Waals surface area contributed by atoms with E-state index in [4.69, 9.17) is 0 Å². The highest BCUT2D eigenvalue weighted by Gasteiger charge is 2.26. The molecular weight excluding hydrogens is 365 g/mol. The lowest BCUT2D eigenvalue weighted by atomic mass is 9.87. The summed E-state index contributed by atoms with van der Waals surface area (Å²) in [5.41, 5.74) is 2.66. The second-order valence-electron chi connectivity index (χ2n) is 7.26. The number of anilines is 1. The molecule has 2 heterocycles. The van der Waals surface area contributed by atoms with Crippen LogP contribution >= 0.6 is 0 Å². The molecule has 0 radical (unpaired) electrons. The maximum atomic E-state index is 14.5. The van der Waals surface area contributed by atoms with E-state index in [1.807, 2.05) is 53.4 Å². The number of benzene rings is 2. The molecule has 0 bridgehead atoms. The standard InChI is InChI=1S/C24H24FN3O/c25-23-9-5-4-8-21(23)22(19-6-2-1-3-7-19)18-24(29)28-16-14-27(15-17-28)20-10-12-26-13-11-20/h1-13,22H,14-18H2/t22-/m0/s1. The van der Waals surface area contributed by atoms with Crippen LogP contribution in [0.2, 0.25) is 0 Å². The Morgan fingerprint density at radius 3 is 2.24 bits per heavy atom. The molecule has 5 heteroatoms. The van der Waals surface area contributed by atoms with Crippen molar-refractivity contribution in [1.82, 2.24) is 9.88 Å². The van der Waals surface area contributed by atoms with Crippen molar-refractivity contribution in [2.45, 2.75) is 12.3 Å². The normalized spacial score (nSPS) is 15.2. The van der Waals surface area contributed by atoms with Crippen LogP contribution in [0.3, 0.4) is 0 Å². The monoisotopic (exact) mass is 389 g/mol. The second-order valence-corrected chi connectivity index (χ2v) is 7.26. The number of rotatable bonds is 5. The van der Waals surface area contributed by atoms with E-state index in [2.05, 4.69) is 9.88 Å². The Hall–Kier alpha value is -3.21. The molecule has 1 aliphatic rings. The fraction of sp³-hybridized carbons (Fsp3) is 0.250. The molecule has 0 aliphatic carbocycles.